The van der Waals surface area contributed by atoms with Gasteiger partial charge in [0.25, 0.3) is 0 Å². The van der Waals surface area contributed by atoms with Gasteiger partial charge >= 0.3 is 0 Å². The van der Waals surface area contributed by atoms with Crippen LogP contribution in [-0.4, -0.2) is 7.11 Å². The van der Waals surface area contributed by atoms with Gasteiger partial charge in [-0.3, -0.25) is 0 Å². The van der Waals surface area contributed by atoms with Crippen LogP contribution < -0.4 is 15.2 Å². The maximum absolute atomic E-state index is 6.32. The molecular formula is C16H15Cl2NO2. The van der Waals surface area contributed by atoms with Crippen molar-refractivity contribution >= 4 is 23.2 Å². The maximum Gasteiger partial charge on any atom is 0.131 e. The molecule has 0 aromatic heterocycles. The molecule has 1 aliphatic rings. The molecule has 1 heterocycles. The Morgan fingerprint density at radius 1 is 1.24 bits per heavy atom. The van der Waals surface area contributed by atoms with Crippen molar-refractivity contribution in [3.8, 4) is 11.5 Å². The van der Waals surface area contributed by atoms with E-state index in [2.05, 4.69) is 0 Å². The lowest BCUT2D eigenvalue weighted by molar-refractivity contribution is 0.158. The molecule has 5 heteroatoms. The van der Waals surface area contributed by atoms with Gasteiger partial charge in [-0.05, 0) is 30.3 Å². The number of hydrogen-bond acceptors (Lipinski definition) is 3. The van der Waals surface area contributed by atoms with Crippen molar-refractivity contribution in [2.24, 2.45) is 5.73 Å². The first-order valence-electron chi connectivity index (χ1n) is 6.64. The van der Waals surface area contributed by atoms with Crippen LogP contribution >= 0.6 is 23.2 Å². The van der Waals surface area contributed by atoms with Crippen LogP contribution in [0.1, 0.15) is 29.7 Å². The normalized spacial score (nSPS) is 20.6. The number of nitrogens with two attached hydrogens (primary N) is 1. The predicted octanol–water partition coefficient (Wildman–Crippen LogP) is 4.53. The molecule has 0 fully saturated rings. The maximum atomic E-state index is 6.32. The molecule has 2 atom stereocenters. The lowest BCUT2D eigenvalue weighted by Gasteiger charge is -2.31. The van der Waals surface area contributed by atoms with Crippen molar-refractivity contribution < 1.29 is 9.47 Å². The van der Waals surface area contributed by atoms with Gasteiger partial charge in [-0.1, -0.05) is 29.3 Å². The van der Waals surface area contributed by atoms with Crippen LogP contribution in [0.3, 0.4) is 0 Å². The zero-order chi connectivity index (χ0) is 15.0. The van der Waals surface area contributed by atoms with Crippen molar-refractivity contribution in [2.45, 2.75) is 18.6 Å². The molecule has 0 aliphatic carbocycles. The lowest BCUT2D eigenvalue weighted by atomic mass is 9.93. The van der Waals surface area contributed by atoms with Gasteiger partial charge in [-0.15, -0.1) is 0 Å². The van der Waals surface area contributed by atoms with Crippen LogP contribution in [0.2, 0.25) is 10.0 Å². The summed E-state index contributed by atoms with van der Waals surface area (Å²) in [5, 5.41) is 1.27. The Labute approximate surface area is 133 Å². The minimum Gasteiger partial charge on any atom is -0.496 e. The second kappa shape index (κ2) is 5.76. The van der Waals surface area contributed by atoms with Gasteiger partial charge in [-0.2, -0.15) is 0 Å². The first kappa shape index (κ1) is 14.5. The van der Waals surface area contributed by atoms with Crippen LogP contribution in [0.5, 0.6) is 11.5 Å². The molecule has 0 amide bonds. The van der Waals surface area contributed by atoms with Crippen molar-refractivity contribution in [3.63, 3.8) is 0 Å². The molecule has 0 radical (unpaired) electrons. The third-order valence-electron chi connectivity index (χ3n) is 3.66. The van der Waals surface area contributed by atoms with E-state index in [9.17, 15) is 0 Å². The Balaban J connectivity index is 2.02. The zero-order valence-electron chi connectivity index (χ0n) is 11.5. The Bertz CT molecular complexity index is 675. The van der Waals surface area contributed by atoms with Gasteiger partial charge in [0, 0.05) is 23.0 Å². The topological polar surface area (TPSA) is 44.5 Å². The van der Waals surface area contributed by atoms with E-state index in [-0.39, 0.29) is 12.1 Å². The molecule has 0 saturated heterocycles. The fourth-order valence-corrected chi connectivity index (χ4v) is 3.13. The molecule has 0 spiro atoms. The molecule has 3 rings (SSSR count). The third kappa shape index (κ3) is 2.69. The quantitative estimate of drug-likeness (QED) is 0.883. The third-order valence-corrected chi connectivity index (χ3v) is 4.23. The molecule has 2 aromatic carbocycles. The molecule has 1 unspecified atom stereocenters. The molecule has 2 N–H and O–H groups in total. The number of benzene rings is 2. The summed E-state index contributed by atoms with van der Waals surface area (Å²) >= 11 is 12.3. The average Bonchev–Trinajstić information content (AvgIpc) is 2.47. The molecular weight excluding hydrogens is 309 g/mol. The molecule has 2 aromatic rings. The Morgan fingerprint density at radius 2 is 2.05 bits per heavy atom. The summed E-state index contributed by atoms with van der Waals surface area (Å²) < 4.78 is 11.5. The van der Waals surface area contributed by atoms with E-state index >= 15 is 0 Å². The SMILES string of the molecule is COc1cccc(Cl)c1C1C[C@@H](N)c2cc(Cl)ccc2O1. The summed E-state index contributed by atoms with van der Waals surface area (Å²) in [5.74, 6) is 1.45. The van der Waals surface area contributed by atoms with Crippen molar-refractivity contribution in [1.82, 2.24) is 0 Å². The number of halogens is 2. The van der Waals surface area contributed by atoms with E-state index in [0.717, 1.165) is 16.9 Å². The zero-order valence-corrected chi connectivity index (χ0v) is 13.0. The minimum absolute atomic E-state index is 0.154. The second-order valence-electron chi connectivity index (χ2n) is 4.99. The highest BCUT2D eigenvalue weighted by Crippen LogP contribution is 2.44. The van der Waals surface area contributed by atoms with E-state index < -0.39 is 0 Å². The Kier molecular flexibility index (Phi) is 3.98. The molecule has 21 heavy (non-hydrogen) atoms. The van der Waals surface area contributed by atoms with Gasteiger partial charge in [0.2, 0.25) is 0 Å². The number of ether oxygens (including phenoxy) is 2. The monoisotopic (exact) mass is 323 g/mol. The molecule has 1 aliphatic heterocycles. The van der Waals surface area contributed by atoms with Gasteiger partial charge < -0.3 is 15.2 Å². The highest BCUT2D eigenvalue weighted by molar-refractivity contribution is 6.31. The van der Waals surface area contributed by atoms with Crippen molar-refractivity contribution in [1.29, 1.82) is 0 Å². The predicted molar refractivity (Wildman–Crippen MR) is 84.4 cm³/mol. The minimum atomic E-state index is -0.239. The summed E-state index contributed by atoms with van der Waals surface area (Å²) in [7, 11) is 1.62. The number of fused-ring (bicyclic) bond motifs is 1. The van der Waals surface area contributed by atoms with E-state index in [1.807, 2.05) is 30.3 Å². The first-order chi connectivity index (χ1) is 10.1. The second-order valence-corrected chi connectivity index (χ2v) is 5.83. The average molecular weight is 324 g/mol. The Hall–Kier alpha value is -1.42. The van der Waals surface area contributed by atoms with E-state index in [1.165, 1.54) is 0 Å². The summed E-state index contributed by atoms with van der Waals surface area (Å²) in [6.45, 7) is 0. The van der Waals surface area contributed by atoms with Gasteiger partial charge in [0.1, 0.15) is 17.6 Å². The fraction of sp³-hybridized carbons (Fsp3) is 0.250. The molecule has 110 valence electrons. The first-order valence-corrected chi connectivity index (χ1v) is 7.40. The molecule has 0 bridgehead atoms. The standard InChI is InChI=1S/C16H15Cl2NO2/c1-20-14-4-2-3-11(18)16(14)15-8-12(19)10-7-9(17)5-6-13(10)21-15/h2-7,12,15H,8,19H2,1H3/t12-,15?/m1/s1. The number of rotatable bonds is 2. The van der Waals surface area contributed by atoms with Gasteiger partial charge in [0.15, 0.2) is 0 Å². The molecule has 0 saturated carbocycles. The smallest absolute Gasteiger partial charge is 0.131 e. The largest absolute Gasteiger partial charge is 0.496 e. The highest BCUT2D eigenvalue weighted by Gasteiger charge is 2.30. The Morgan fingerprint density at radius 3 is 2.81 bits per heavy atom. The van der Waals surface area contributed by atoms with Gasteiger partial charge in [-0.25, -0.2) is 0 Å². The van der Waals surface area contributed by atoms with Gasteiger partial charge in [0.05, 0.1) is 17.7 Å². The fourth-order valence-electron chi connectivity index (χ4n) is 2.66. The summed E-state index contributed by atoms with van der Waals surface area (Å²) in [4.78, 5) is 0. The van der Waals surface area contributed by atoms with Crippen LogP contribution in [0.25, 0.3) is 0 Å². The number of hydrogen-bond donors (Lipinski definition) is 1. The lowest BCUT2D eigenvalue weighted by Crippen LogP contribution is -2.24. The van der Waals surface area contributed by atoms with Crippen molar-refractivity contribution in [3.05, 3.63) is 57.6 Å². The number of methoxy groups -OCH3 is 1. The van der Waals surface area contributed by atoms with Crippen molar-refractivity contribution in [2.75, 3.05) is 7.11 Å². The summed E-state index contributed by atoms with van der Waals surface area (Å²) in [5.41, 5.74) is 8.01. The van der Waals surface area contributed by atoms with Crippen LogP contribution in [0.4, 0.5) is 0 Å². The van der Waals surface area contributed by atoms with E-state index in [4.69, 9.17) is 38.4 Å². The highest BCUT2D eigenvalue weighted by atomic mass is 35.5. The van der Waals surface area contributed by atoms with Crippen LogP contribution in [0, 0.1) is 0 Å². The van der Waals surface area contributed by atoms with E-state index in [0.29, 0.717) is 22.2 Å². The van der Waals surface area contributed by atoms with Crippen LogP contribution in [0.15, 0.2) is 36.4 Å². The van der Waals surface area contributed by atoms with E-state index in [1.54, 1.807) is 13.2 Å². The summed E-state index contributed by atoms with van der Waals surface area (Å²) in [6, 6.07) is 10.9. The molecule has 3 nitrogen and oxygen atoms in total. The van der Waals surface area contributed by atoms with Crippen LogP contribution in [-0.2, 0) is 0 Å². The summed E-state index contributed by atoms with van der Waals surface area (Å²) in [6.07, 6.45) is 0.380.